The van der Waals surface area contributed by atoms with Crippen molar-refractivity contribution in [2.45, 2.75) is 38.1 Å². The lowest BCUT2D eigenvalue weighted by atomic mass is 9.90. The highest BCUT2D eigenvalue weighted by molar-refractivity contribution is 8.01. The number of nitrogens with two attached hydrogens (primary N) is 1. The van der Waals surface area contributed by atoms with Crippen molar-refractivity contribution in [3.63, 3.8) is 0 Å². The van der Waals surface area contributed by atoms with E-state index < -0.39 is 0 Å². The number of carbonyl (C=O) groups is 1. The molecule has 0 radical (unpaired) electrons. The molecule has 0 spiro atoms. The van der Waals surface area contributed by atoms with Gasteiger partial charge in [0.05, 0.1) is 17.3 Å². The second kappa shape index (κ2) is 10.4. The van der Waals surface area contributed by atoms with Crippen LogP contribution >= 0.6 is 11.9 Å². The molecule has 0 bridgehead atoms. The lowest BCUT2D eigenvalue weighted by Gasteiger charge is -2.37. The third-order valence-electron chi connectivity index (χ3n) is 6.17. The second-order valence-electron chi connectivity index (χ2n) is 8.12. The molecule has 4 aliphatic heterocycles. The van der Waals surface area contributed by atoms with E-state index in [1.807, 2.05) is 43.7 Å². The van der Waals surface area contributed by atoms with Gasteiger partial charge in [-0.25, -0.2) is 4.79 Å². The minimum Gasteiger partial charge on any atom is -0.450 e. The Morgan fingerprint density at radius 3 is 2.91 bits per heavy atom. The highest BCUT2D eigenvalue weighted by Crippen LogP contribution is 2.31. The van der Waals surface area contributed by atoms with E-state index in [4.69, 9.17) is 10.5 Å². The van der Waals surface area contributed by atoms with E-state index in [1.54, 1.807) is 11.9 Å². The molecule has 0 aromatic heterocycles. The van der Waals surface area contributed by atoms with Crippen LogP contribution in [0.1, 0.15) is 19.8 Å². The van der Waals surface area contributed by atoms with Gasteiger partial charge in [-0.3, -0.25) is 4.72 Å². The minimum atomic E-state index is -0.196. The van der Waals surface area contributed by atoms with Gasteiger partial charge in [0, 0.05) is 63.1 Å². The van der Waals surface area contributed by atoms with Crippen molar-refractivity contribution in [1.82, 2.24) is 35.8 Å². The van der Waals surface area contributed by atoms with Crippen molar-refractivity contribution in [3.8, 4) is 0 Å². The fourth-order valence-corrected chi connectivity index (χ4v) is 5.41. The number of nitrogens with zero attached hydrogens (tertiary/aromatic N) is 2. The number of carbonyl (C=O) groups excluding carboxylic acids is 1. The highest BCUT2D eigenvalue weighted by atomic mass is 32.2. The van der Waals surface area contributed by atoms with Gasteiger partial charge in [-0.2, -0.15) is 0 Å². The number of ether oxygens (including phenoxy) is 1. The third-order valence-corrected chi connectivity index (χ3v) is 7.03. The lowest BCUT2D eigenvalue weighted by molar-refractivity contribution is 0.0901. The predicted molar refractivity (Wildman–Crippen MR) is 126 cm³/mol. The summed E-state index contributed by atoms with van der Waals surface area (Å²) in [6.07, 6.45) is 12.0. The molecule has 4 rings (SSSR count). The Morgan fingerprint density at radius 2 is 2.19 bits per heavy atom. The quantitative estimate of drug-likeness (QED) is 0.298. The van der Waals surface area contributed by atoms with E-state index >= 15 is 0 Å². The Labute approximate surface area is 193 Å². The summed E-state index contributed by atoms with van der Waals surface area (Å²) in [7, 11) is 1.88. The first-order valence-electron chi connectivity index (χ1n) is 11.2. The molecule has 0 aliphatic carbocycles. The Hall–Kier alpha value is -2.50. The summed E-state index contributed by atoms with van der Waals surface area (Å²) in [5.74, 6) is 0.500. The average molecular weight is 463 g/mol. The SMILES string of the molecule is CCOC(=O)N1CCC(C2C=C(NC3NC=CN4C(/C(=C/NC)CN)=CNC34)SN2)CC1. The number of hydrogen-bond acceptors (Lipinski definition) is 10. The molecule has 3 unspecified atom stereocenters. The number of piperidine rings is 1. The van der Waals surface area contributed by atoms with Crippen LogP contribution in [0.5, 0.6) is 0 Å². The Balaban J connectivity index is 1.32. The fraction of sp³-hybridized carbons (Fsp3) is 0.571. The third kappa shape index (κ3) is 4.79. The van der Waals surface area contributed by atoms with E-state index in [9.17, 15) is 4.79 Å². The number of hydrogen-bond donors (Lipinski definition) is 6. The van der Waals surface area contributed by atoms with E-state index in [0.29, 0.717) is 19.1 Å². The molecular formula is C21H34N8O2S. The first-order chi connectivity index (χ1) is 15.6. The summed E-state index contributed by atoms with van der Waals surface area (Å²) in [4.78, 5) is 15.9. The standard InChI is InChI=1S/C21H34N8O2S/c1-3-31-21(30)28-7-4-14(5-8-28)16-10-18(32-27-16)26-19-20-25-13-17(15(11-22)12-23-2)29(20)9-6-24-19/h6,9-10,12-14,16,19-20,23-27H,3-5,7-8,11,22H2,1-2H3/b15-12+. The van der Waals surface area contributed by atoms with Gasteiger partial charge >= 0.3 is 6.09 Å². The minimum absolute atomic E-state index is 0.00711. The van der Waals surface area contributed by atoms with Crippen LogP contribution in [-0.2, 0) is 4.74 Å². The molecule has 11 heteroatoms. The van der Waals surface area contributed by atoms with E-state index in [1.165, 1.54) is 0 Å². The van der Waals surface area contributed by atoms with Crippen LogP contribution in [0, 0.1) is 5.92 Å². The normalized spacial score (nSPS) is 27.8. The van der Waals surface area contributed by atoms with Crippen LogP contribution in [0.3, 0.4) is 0 Å². The second-order valence-corrected chi connectivity index (χ2v) is 8.99. The van der Waals surface area contributed by atoms with Crippen LogP contribution in [0.4, 0.5) is 4.79 Å². The topological polar surface area (TPSA) is 119 Å². The Morgan fingerprint density at radius 1 is 1.38 bits per heavy atom. The number of nitrogens with one attached hydrogen (secondary N) is 5. The van der Waals surface area contributed by atoms with Gasteiger partial charge in [-0.1, -0.05) is 0 Å². The highest BCUT2D eigenvalue weighted by Gasteiger charge is 2.36. The zero-order chi connectivity index (χ0) is 22.5. The van der Waals surface area contributed by atoms with Crippen molar-refractivity contribution in [2.24, 2.45) is 11.7 Å². The van der Waals surface area contributed by atoms with Crippen LogP contribution < -0.4 is 31.7 Å². The summed E-state index contributed by atoms with van der Waals surface area (Å²) < 4.78 is 8.67. The van der Waals surface area contributed by atoms with Gasteiger partial charge in [0.1, 0.15) is 12.3 Å². The smallest absolute Gasteiger partial charge is 0.409 e. The van der Waals surface area contributed by atoms with Crippen molar-refractivity contribution < 1.29 is 9.53 Å². The van der Waals surface area contributed by atoms with Crippen LogP contribution in [0.25, 0.3) is 0 Å². The molecular weight excluding hydrogens is 428 g/mol. The van der Waals surface area contributed by atoms with Gasteiger partial charge in [0.2, 0.25) is 0 Å². The summed E-state index contributed by atoms with van der Waals surface area (Å²) in [6.45, 7) is 4.21. The summed E-state index contributed by atoms with van der Waals surface area (Å²) in [5.41, 5.74) is 8.05. The van der Waals surface area contributed by atoms with Crippen LogP contribution in [0.15, 0.2) is 47.2 Å². The Bertz CT molecular complexity index is 806. The maximum Gasteiger partial charge on any atom is 0.409 e. The molecule has 1 saturated heterocycles. The molecule has 10 nitrogen and oxygen atoms in total. The number of likely N-dealkylation sites (tertiary alicyclic amines) is 1. The first-order valence-corrected chi connectivity index (χ1v) is 12.0. The van der Waals surface area contributed by atoms with Gasteiger partial charge in [0.15, 0.2) is 0 Å². The van der Waals surface area contributed by atoms with Crippen molar-refractivity contribution in [1.29, 1.82) is 0 Å². The molecule has 3 atom stereocenters. The van der Waals surface area contributed by atoms with Crippen LogP contribution in [-0.4, -0.2) is 67.6 Å². The Kier molecular flexibility index (Phi) is 7.38. The zero-order valence-corrected chi connectivity index (χ0v) is 19.5. The number of fused-ring (bicyclic) bond motifs is 1. The van der Waals surface area contributed by atoms with Gasteiger partial charge in [-0.05, 0) is 43.7 Å². The molecule has 0 saturated carbocycles. The average Bonchev–Trinajstić information content (AvgIpc) is 3.46. The summed E-state index contributed by atoms with van der Waals surface area (Å²) in [6, 6.07) is 0.287. The summed E-state index contributed by atoms with van der Waals surface area (Å²) in [5, 5.41) is 14.7. The van der Waals surface area contributed by atoms with Gasteiger partial charge in [0.25, 0.3) is 0 Å². The predicted octanol–water partition coefficient (Wildman–Crippen LogP) is 0.441. The van der Waals surface area contributed by atoms with E-state index in [0.717, 1.165) is 42.2 Å². The monoisotopic (exact) mass is 462 g/mol. The zero-order valence-electron chi connectivity index (χ0n) is 18.6. The number of rotatable bonds is 7. The molecule has 0 aromatic carbocycles. The maximum absolute atomic E-state index is 11.9. The van der Waals surface area contributed by atoms with E-state index in [2.05, 4.69) is 37.0 Å². The largest absolute Gasteiger partial charge is 0.450 e. The molecule has 1 amide bonds. The molecule has 1 fully saturated rings. The molecule has 32 heavy (non-hydrogen) atoms. The molecule has 176 valence electrons. The summed E-state index contributed by atoms with van der Waals surface area (Å²) >= 11 is 1.63. The van der Waals surface area contributed by atoms with Crippen LogP contribution in [0.2, 0.25) is 0 Å². The molecule has 4 heterocycles. The lowest BCUT2D eigenvalue weighted by Crippen LogP contribution is -2.58. The van der Waals surface area contributed by atoms with Gasteiger partial charge in [-0.15, -0.1) is 0 Å². The molecule has 0 aromatic rings. The van der Waals surface area contributed by atoms with Crippen molar-refractivity contribution in [3.05, 3.63) is 47.2 Å². The maximum atomic E-state index is 11.9. The van der Waals surface area contributed by atoms with E-state index in [-0.39, 0.29) is 24.5 Å². The van der Waals surface area contributed by atoms with Crippen molar-refractivity contribution >= 4 is 18.0 Å². The fourth-order valence-electron chi connectivity index (χ4n) is 4.49. The van der Waals surface area contributed by atoms with Crippen molar-refractivity contribution in [2.75, 3.05) is 33.3 Å². The van der Waals surface area contributed by atoms with Gasteiger partial charge < -0.3 is 41.5 Å². The molecule has 7 N–H and O–H groups in total. The first kappa shape index (κ1) is 22.7. The molecule has 4 aliphatic rings. The number of amides is 1.